The van der Waals surface area contributed by atoms with Crippen LogP contribution in [0.4, 0.5) is 0 Å². The molecule has 26 heavy (non-hydrogen) atoms. The van der Waals surface area contributed by atoms with Crippen molar-refractivity contribution in [1.29, 1.82) is 0 Å². The number of nitrogens with zero attached hydrogens (tertiary/aromatic N) is 6. The highest BCUT2D eigenvalue weighted by molar-refractivity contribution is 6.30. The van der Waals surface area contributed by atoms with Crippen molar-refractivity contribution < 1.29 is 4.74 Å². The van der Waals surface area contributed by atoms with Crippen LogP contribution < -0.4 is 5.56 Å². The molecule has 3 aromatic rings. The second-order valence-corrected chi connectivity index (χ2v) is 7.21. The van der Waals surface area contributed by atoms with Crippen molar-refractivity contribution >= 4 is 17.2 Å². The van der Waals surface area contributed by atoms with E-state index < -0.39 is 0 Å². The molecule has 9 heteroatoms. The largest absolute Gasteiger partial charge is 0.370 e. The zero-order valence-electron chi connectivity index (χ0n) is 14.0. The van der Waals surface area contributed by atoms with E-state index in [1.54, 1.807) is 30.6 Å². The number of hydrogen-bond donors (Lipinski definition) is 0. The van der Waals surface area contributed by atoms with Gasteiger partial charge in [0, 0.05) is 31.9 Å². The minimum absolute atomic E-state index is 0.123. The Labute approximate surface area is 154 Å². The van der Waals surface area contributed by atoms with Gasteiger partial charge in [0.1, 0.15) is 5.65 Å². The van der Waals surface area contributed by atoms with Gasteiger partial charge in [0.05, 0.1) is 41.4 Å². The molecule has 0 saturated carbocycles. The first-order valence-electron chi connectivity index (χ1n) is 8.58. The van der Waals surface area contributed by atoms with Crippen molar-refractivity contribution in [1.82, 2.24) is 29.3 Å². The number of halogens is 1. The molecule has 0 amide bonds. The van der Waals surface area contributed by atoms with Crippen LogP contribution in [0.5, 0.6) is 0 Å². The van der Waals surface area contributed by atoms with Crippen LogP contribution in [0, 0.1) is 0 Å². The molecule has 2 aliphatic heterocycles. The van der Waals surface area contributed by atoms with Crippen LogP contribution in [0.3, 0.4) is 0 Å². The average molecular weight is 373 g/mol. The van der Waals surface area contributed by atoms with Gasteiger partial charge in [-0.15, -0.1) is 5.10 Å². The molecule has 2 aliphatic rings. The minimum atomic E-state index is -0.123. The lowest BCUT2D eigenvalue weighted by atomic mass is 10.0. The quantitative estimate of drug-likeness (QED) is 0.674. The van der Waals surface area contributed by atoms with E-state index in [1.807, 2.05) is 4.68 Å². The maximum absolute atomic E-state index is 12.4. The lowest BCUT2D eigenvalue weighted by molar-refractivity contribution is -0.0671. The normalized spacial score (nSPS) is 23.0. The second-order valence-electron chi connectivity index (χ2n) is 6.77. The van der Waals surface area contributed by atoms with Gasteiger partial charge >= 0.3 is 0 Å². The van der Waals surface area contributed by atoms with Crippen molar-refractivity contribution in [3.63, 3.8) is 0 Å². The summed E-state index contributed by atoms with van der Waals surface area (Å²) in [5.41, 5.74) is 2.24. The van der Waals surface area contributed by atoms with Crippen molar-refractivity contribution in [2.45, 2.75) is 31.7 Å². The molecule has 8 nitrogen and oxygen atoms in total. The fraction of sp³-hybridized carbons (Fsp3) is 0.412. The molecule has 0 aliphatic carbocycles. The Morgan fingerprint density at radius 1 is 1.35 bits per heavy atom. The van der Waals surface area contributed by atoms with Crippen molar-refractivity contribution in [3.8, 4) is 0 Å². The van der Waals surface area contributed by atoms with Crippen LogP contribution in [-0.4, -0.2) is 48.5 Å². The number of piperidine rings is 1. The molecule has 0 spiro atoms. The highest BCUT2D eigenvalue weighted by Crippen LogP contribution is 2.30. The zero-order chi connectivity index (χ0) is 17.7. The predicted octanol–water partition coefficient (Wildman–Crippen LogP) is 1.29. The maximum atomic E-state index is 12.4. The Kier molecular flexibility index (Phi) is 3.77. The van der Waals surface area contributed by atoms with E-state index >= 15 is 0 Å². The average Bonchev–Trinajstić information content (AvgIpc) is 3.12. The molecule has 2 atom stereocenters. The zero-order valence-corrected chi connectivity index (χ0v) is 14.7. The molecule has 5 heterocycles. The minimum Gasteiger partial charge on any atom is -0.370 e. The first-order valence-corrected chi connectivity index (χ1v) is 8.96. The number of fused-ring (bicyclic) bond motifs is 4. The highest BCUT2D eigenvalue weighted by Gasteiger charge is 2.36. The van der Waals surface area contributed by atoms with Gasteiger partial charge in [0.2, 0.25) is 0 Å². The molecule has 1 fully saturated rings. The van der Waals surface area contributed by atoms with E-state index in [-0.39, 0.29) is 17.7 Å². The summed E-state index contributed by atoms with van der Waals surface area (Å²) < 4.78 is 9.39. The van der Waals surface area contributed by atoms with Gasteiger partial charge in [-0.1, -0.05) is 16.8 Å². The molecule has 0 N–H and O–H groups in total. The van der Waals surface area contributed by atoms with Crippen LogP contribution >= 0.6 is 11.6 Å². The topological polar surface area (TPSA) is 77.6 Å². The van der Waals surface area contributed by atoms with E-state index in [2.05, 4.69) is 20.2 Å². The third-order valence-corrected chi connectivity index (χ3v) is 5.30. The smallest absolute Gasteiger partial charge is 0.258 e. The van der Waals surface area contributed by atoms with Gasteiger partial charge in [-0.25, -0.2) is 9.67 Å². The van der Waals surface area contributed by atoms with Gasteiger partial charge in [0.25, 0.3) is 5.56 Å². The van der Waals surface area contributed by atoms with E-state index in [4.69, 9.17) is 16.3 Å². The number of pyridine rings is 1. The van der Waals surface area contributed by atoms with Crippen molar-refractivity contribution in [2.75, 3.05) is 13.1 Å². The SMILES string of the molecule is O=c1cc(CN2CC[C@H]3OCc4cnnn4[C@@H]3C2)nc2ccc(Cl)cn12. The van der Waals surface area contributed by atoms with Crippen LogP contribution in [0.25, 0.3) is 5.65 Å². The molecular formula is C17H17ClN6O2. The van der Waals surface area contributed by atoms with E-state index in [1.165, 1.54) is 4.40 Å². The number of hydrogen-bond acceptors (Lipinski definition) is 6. The lowest BCUT2D eigenvalue weighted by Crippen LogP contribution is -2.47. The Hall–Kier alpha value is -2.29. The Morgan fingerprint density at radius 2 is 2.27 bits per heavy atom. The summed E-state index contributed by atoms with van der Waals surface area (Å²) in [6.07, 6.45) is 4.43. The van der Waals surface area contributed by atoms with E-state index in [0.717, 1.165) is 30.9 Å². The summed E-state index contributed by atoms with van der Waals surface area (Å²) in [7, 11) is 0. The number of aromatic nitrogens is 5. The van der Waals surface area contributed by atoms with Crippen LogP contribution in [0.1, 0.15) is 23.9 Å². The molecule has 0 aromatic carbocycles. The number of rotatable bonds is 2. The standard InChI is InChI=1S/C17H17ClN6O2/c18-11-1-2-16-20-12(5-17(25)23(16)7-11)8-22-4-3-15-14(9-22)24-13(10-26-15)6-19-21-24/h1-2,5-7,14-15H,3-4,8-10H2/t14-,15-/m1/s1. The maximum Gasteiger partial charge on any atom is 0.258 e. The van der Waals surface area contributed by atoms with Gasteiger partial charge in [0.15, 0.2) is 0 Å². The Morgan fingerprint density at radius 3 is 3.19 bits per heavy atom. The van der Waals surface area contributed by atoms with Gasteiger partial charge in [-0.05, 0) is 18.6 Å². The lowest BCUT2D eigenvalue weighted by Gasteiger charge is -2.40. The summed E-state index contributed by atoms with van der Waals surface area (Å²) in [5, 5.41) is 8.74. The predicted molar refractivity (Wildman–Crippen MR) is 94.0 cm³/mol. The first kappa shape index (κ1) is 15.9. The monoisotopic (exact) mass is 372 g/mol. The Bertz CT molecular complexity index is 1030. The molecule has 134 valence electrons. The Balaban J connectivity index is 1.40. The van der Waals surface area contributed by atoms with Crippen LogP contribution in [-0.2, 0) is 17.9 Å². The fourth-order valence-electron chi connectivity index (χ4n) is 3.82. The summed E-state index contributed by atoms with van der Waals surface area (Å²) in [5.74, 6) is 0. The first-order chi connectivity index (χ1) is 12.7. The van der Waals surface area contributed by atoms with Crippen LogP contribution in [0.15, 0.2) is 35.4 Å². The summed E-state index contributed by atoms with van der Waals surface area (Å²) in [4.78, 5) is 19.2. The second kappa shape index (κ2) is 6.15. The summed E-state index contributed by atoms with van der Waals surface area (Å²) >= 11 is 5.96. The highest BCUT2D eigenvalue weighted by atomic mass is 35.5. The third-order valence-electron chi connectivity index (χ3n) is 5.07. The number of likely N-dealkylation sites (tertiary alicyclic amines) is 1. The van der Waals surface area contributed by atoms with E-state index in [9.17, 15) is 4.79 Å². The molecule has 1 saturated heterocycles. The third kappa shape index (κ3) is 2.70. The summed E-state index contributed by atoms with van der Waals surface area (Å²) in [6.45, 7) is 2.87. The molecule has 0 radical (unpaired) electrons. The van der Waals surface area contributed by atoms with Gasteiger partial charge in [-0.2, -0.15) is 0 Å². The van der Waals surface area contributed by atoms with Crippen molar-refractivity contribution in [3.05, 3.63) is 57.4 Å². The fourth-order valence-corrected chi connectivity index (χ4v) is 3.99. The molecule has 5 rings (SSSR count). The van der Waals surface area contributed by atoms with E-state index in [0.29, 0.717) is 23.8 Å². The molecule has 0 bridgehead atoms. The number of ether oxygens (including phenoxy) is 1. The van der Waals surface area contributed by atoms with Gasteiger partial charge < -0.3 is 4.74 Å². The molecule has 0 unspecified atom stereocenters. The summed E-state index contributed by atoms with van der Waals surface area (Å²) in [6, 6.07) is 5.23. The van der Waals surface area contributed by atoms with Gasteiger partial charge in [-0.3, -0.25) is 14.1 Å². The molecule has 3 aromatic heterocycles. The van der Waals surface area contributed by atoms with Crippen LogP contribution in [0.2, 0.25) is 5.02 Å². The molecular weight excluding hydrogens is 356 g/mol. The van der Waals surface area contributed by atoms with Crippen molar-refractivity contribution in [2.24, 2.45) is 0 Å².